The van der Waals surface area contributed by atoms with Crippen LogP contribution in [0.5, 0.6) is 0 Å². The molecule has 0 aliphatic carbocycles. The summed E-state index contributed by atoms with van der Waals surface area (Å²) in [7, 11) is 0. The maximum absolute atomic E-state index is 3.49. The zero-order chi connectivity index (χ0) is 10.9. The fraction of sp³-hybridized carbons (Fsp3) is 1.00. The van der Waals surface area contributed by atoms with Gasteiger partial charge in [-0.3, -0.25) is 4.90 Å². The summed E-state index contributed by atoms with van der Waals surface area (Å²) < 4.78 is 0. The highest BCUT2D eigenvalue weighted by Crippen LogP contribution is 2.32. The topological polar surface area (TPSA) is 15.3 Å². The molecular weight excluding hydrogens is 184 g/mol. The molecule has 2 fully saturated rings. The van der Waals surface area contributed by atoms with E-state index in [0.29, 0.717) is 5.41 Å². The molecule has 2 aliphatic rings. The Hall–Kier alpha value is -0.0800. The second-order valence-electron chi connectivity index (χ2n) is 6.24. The SMILES string of the molecule is CC1CNCCC1N1CCC(C)(C)CC1. The van der Waals surface area contributed by atoms with Gasteiger partial charge in [0.05, 0.1) is 0 Å². The first-order chi connectivity index (χ1) is 7.08. The third-order valence-corrected chi connectivity index (χ3v) is 4.36. The standard InChI is InChI=1S/C13H26N2/c1-11-10-14-7-4-12(11)15-8-5-13(2,3)6-9-15/h11-12,14H,4-10H2,1-3H3. The molecule has 2 saturated heterocycles. The second-order valence-corrected chi connectivity index (χ2v) is 6.24. The lowest BCUT2D eigenvalue weighted by molar-refractivity contribution is 0.0561. The van der Waals surface area contributed by atoms with Crippen LogP contribution >= 0.6 is 0 Å². The molecule has 88 valence electrons. The zero-order valence-electron chi connectivity index (χ0n) is 10.6. The van der Waals surface area contributed by atoms with Crippen LogP contribution in [0, 0.1) is 11.3 Å². The lowest BCUT2D eigenvalue weighted by Crippen LogP contribution is -2.51. The number of piperidine rings is 2. The van der Waals surface area contributed by atoms with Gasteiger partial charge in [-0.25, -0.2) is 0 Å². The van der Waals surface area contributed by atoms with Gasteiger partial charge in [-0.05, 0) is 56.8 Å². The van der Waals surface area contributed by atoms with Gasteiger partial charge in [0.15, 0.2) is 0 Å². The second kappa shape index (κ2) is 4.42. The third-order valence-electron chi connectivity index (χ3n) is 4.36. The van der Waals surface area contributed by atoms with Crippen LogP contribution in [-0.4, -0.2) is 37.1 Å². The molecule has 0 radical (unpaired) electrons. The molecule has 0 saturated carbocycles. The van der Waals surface area contributed by atoms with E-state index in [1.54, 1.807) is 0 Å². The van der Waals surface area contributed by atoms with E-state index in [1.807, 2.05) is 0 Å². The van der Waals surface area contributed by atoms with Crippen molar-refractivity contribution in [3.05, 3.63) is 0 Å². The molecule has 2 aliphatic heterocycles. The molecule has 15 heavy (non-hydrogen) atoms. The predicted molar refractivity (Wildman–Crippen MR) is 65.0 cm³/mol. The largest absolute Gasteiger partial charge is 0.316 e. The highest BCUT2D eigenvalue weighted by atomic mass is 15.2. The van der Waals surface area contributed by atoms with Gasteiger partial charge in [-0.2, -0.15) is 0 Å². The molecule has 2 unspecified atom stereocenters. The van der Waals surface area contributed by atoms with Crippen LogP contribution in [0.2, 0.25) is 0 Å². The Morgan fingerprint density at radius 1 is 1.20 bits per heavy atom. The van der Waals surface area contributed by atoms with Crippen LogP contribution in [-0.2, 0) is 0 Å². The first-order valence-corrected chi connectivity index (χ1v) is 6.53. The molecule has 0 bridgehead atoms. The normalized spacial score (nSPS) is 37.8. The summed E-state index contributed by atoms with van der Waals surface area (Å²) in [6, 6.07) is 0.849. The molecule has 0 aromatic heterocycles. The van der Waals surface area contributed by atoms with Crippen LogP contribution in [0.25, 0.3) is 0 Å². The van der Waals surface area contributed by atoms with Crippen molar-refractivity contribution in [2.24, 2.45) is 11.3 Å². The Labute approximate surface area is 94.4 Å². The van der Waals surface area contributed by atoms with Crippen LogP contribution in [0.3, 0.4) is 0 Å². The first kappa shape index (κ1) is 11.4. The minimum Gasteiger partial charge on any atom is -0.316 e. The minimum absolute atomic E-state index is 0.590. The van der Waals surface area contributed by atoms with Gasteiger partial charge < -0.3 is 5.32 Å². The Bertz CT molecular complexity index is 203. The molecule has 2 heterocycles. The Morgan fingerprint density at radius 3 is 2.47 bits per heavy atom. The van der Waals surface area contributed by atoms with Gasteiger partial charge in [0.1, 0.15) is 0 Å². The summed E-state index contributed by atoms with van der Waals surface area (Å²) in [6.07, 6.45) is 4.11. The van der Waals surface area contributed by atoms with Crippen molar-refractivity contribution in [3.63, 3.8) is 0 Å². The highest BCUT2D eigenvalue weighted by molar-refractivity contribution is 4.87. The lowest BCUT2D eigenvalue weighted by atomic mass is 9.81. The van der Waals surface area contributed by atoms with Crippen molar-refractivity contribution < 1.29 is 0 Å². The number of likely N-dealkylation sites (tertiary alicyclic amines) is 1. The van der Waals surface area contributed by atoms with Crippen molar-refractivity contribution in [1.29, 1.82) is 0 Å². The number of nitrogens with zero attached hydrogens (tertiary/aromatic N) is 1. The van der Waals surface area contributed by atoms with E-state index >= 15 is 0 Å². The summed E-state index contributed by atoms with van der Waals surface area (Å²) in [5, 5.41) is 3.49. The summed E-state index contributed by atoms with van der Waals surface area (Å²) >= 11 is 0. The highest BCUT2D eigenvalue weighted by Gasteiger charge is 2.32. The molecule has 1 N–H and O–H groups in total. The fourth-order valence-corrected chi connectivity index (χ4v) is 3.00. The van der Waals surface area contributed by atoms with Crippen molar-refractivity contribution in [2.45, 2.75) is 46.1 Å². The molecule has 0 aromatic carbocycles. The van der Waals surface area contributed by atoms with Gasteiger partial charge in [0.2, 0.25) is 0 Å². The Kier molecular flexibility index (Phi) is 3.36. The Balaban J connectivity index is 1.89. The molecule has 0 aromatic rings. The molecule has 2 nitrogen and oxygen atoms in total. The number of hydrogen-bond donors (Lipinski definition) is 1. The summed E-state index contributed by atoms with van der Waals surface area (Å²) in [4.78, 5) is 2.75. The monoisotopic (exact) mass is 210 g/mol. The van der Waals surface area contributed by atoms with Crippen molar-refractivity contribution >= 4 is 0 Å². The minimum atomic E-state index is 0.590. The van der Waals surface area contributed by atoms with E-state index in [2.05, 4.69) is 31.0 Å². The maximum atomic E-state index is 3.49. The average molecular weight is 210 g/mol. The Morgan fingerprint density at radius 2 is 1.87 bits per heavy atom. The quantitative estimate of drug-likeness (QED) is 0.713. The summed E-state index contributed by atoms with van der Waals surface area (Å²) in [5.41, 5.74) is 0.590. The summed E-state index contributed by atoms with van der Waals surface area (Å²) in [6.45, 7) is 12.3. The molecule has 0 amide bonds. The fourth-order valence-electron chi connectivity index (χ4n) is 3.00. The van der Waals surface area contributed by atoms with E-state index in [-0.39, 0.29) is 0 Å². The maximum Gasteiger partial charge on any atom is 0.0145 e. The van der Waals surface area contributed by atoms with E-state index in [1.165, 1.54) is 45.4 Å². The van der Waals surface area contributed by atoms with E-state index in [9.17, 15) is 0 Å². The average Bonchev–Trinajstić information content (AvgIpc) is 2.19. The van der Waals surface area contributed by atoms with Crippen molar-refractivity contribution in [1.82, 2.24) is 10.2 Å². The third kappa shape index (κ3) is 2.73. The van der Waals surface area contributed by atoms with Crippen LogP contribution < -0.4 is 5.32 Å². The molecule has 0 spiro atoms. The molecular formula is C13H26N2. The zero-order valence-corrected chi connectivity index (χ0v) is 10.6. The van der Waals surface area contributed by atoms with E-state index < -0.39 is 0 Å². The molecule has 2 heteroatoms. The number of hydrogen-bond acceptors (Lipinski definition) is 2. The van der Waals surface area contributed by atoms with E-state index in [4.69, 9.17) is 0 Å². The number of rotatable bonds is 1. The smallest absolute Gasteiger partial charge is 0.0145 e. The van der Waals surface area contributed by atoms with E-state index in [0.717, 1.165) is 12.0 Å². The van der Waals surface area contributed by atoms with Crippen LogP contribution in [0.1, 0.15) is 40.0 Å². The van der Waals surface area contributed by atoms with Crippen LogP contribution in [0.4, 0.5) is 0 Å². The number of nitrogens with one attached hydrogen (secondary N) is 1. The molecule has 2 atom stereocenters. The van der Waals surface area contributed by atoms with Crippen molar-refractivity contribution in [2.75, 3.05) is 26.2 Å². The van der Waals surface area contributed by atoms with Crippen LogP contribution in [0.15, 0.2) is 0 Å². The van der Waals surface area contributed by atoms with Gasteiger partial charge >= 0.3 is 0 Å². The van der Waals surface area contributed by atoms with Gasteiger partial charge in [0, 0.05) is 6.04 Å². The lowest BCUT2D eigenvalue weighted by Gasteiger charge is -2.44. The summed E-state index contributed by atoms with van der Waals surface area (Å²) in [5.74, 6) is 0.833. The first-order valence-electron chi connectivity index (χ1n) is 6.53. The van der Waals surface area contributed by atoms with Gasteiger partial charge in [-0.15, -0.1) is 0 Å². The molecule has 2 rings (SSSR count). The predicted octanol–water partition coefficient (Wildman–Crippen LogP) is 2.11. The van der Waals surface area contributed by atoms with Crippen molar-refractivity contribution in [3.8, 4) is 0 Å². The van der Waals surface area contributed by atoms with Gasteiger partial charge in [0.25, 0.3) is 0 Å². The van der Waals surface area contributed by atoms with Gasteiger partial charge in [-0.1, -0.05) is 20.8 Å².